The van der Waals surface area contributed by atoms with E-state index in [9.17, 15) is 0 Å². The van der Waals surface area contributed by atoms with Crippen LogP contribution >= 0.6 is 0 Å². The molecule has 0 unspecified atom stereocenters. The van der Waals surface area contributed by atoms with Crippen LogP contribution in [0.2, 0.25) is 0 Å². The summed E-state index contributed by atoms with van der Waals surface area (Å²) in [6, 6.07) is 9.21. The van der Waals surface area contributed by atoms with Gasteiger partial charge in [-0.05, 0) is 61.8 Å². The number of nitrogens with zero attached hydrogens (tertiary/aromatic N) is 1. The van der Waals surface area contributed by atoms with E-state index in [0.717, 1.165) is 23.7 Å². The smallest absolute Gasteiger partial charge is 0.0556 e. The highest BCUT2D eigenvalue weighted by atomic mass is 14.8. The topological polar surface area (TPSA) is 28.1 Å². The number of H-pyrrole nitrogens is 1. The average Bonchev–Trinajstić information content (AvgIpc) is 2.95. The summed E-state index contributed by atoms with van der Waals surface area (Å²) in [6.07, 6.45) is 11.5. The van der Waals surface area contributed by atoms with Gasteiger partial charge in [0.1, 0.15) is 0 Å². The Morgan fingerprint density at radius 2 is 1.71 bits per heavy atom. The van der Waals surface area contributed by atoms with Crippen molar-refractivity contribution in [2.45, 2.75) is 38.1 Å². The first-order valence-electron chi connectivity index (χ1n) is 8.46. The zero-order valence-corrected chi connectivity index (χ0v) is 12.3. The lowest BCUT2D eigenvalue weighted by Gasteiger charge is -2.53. The SMILES string of the molecule is C(=NC1C2CC3CC(C2)CC1C3)c1cccc2cc[nH]c12. The fourth-order valence-electron chi connectivity index (χ4n) is 5.52. The van der Waals surface area contributed by atoms with Crippen LogP contribution < -0.4 is 0 Å². The quantitative estimate of drug-likeness (QED) is 0.788. The van der Waals surface area contributed by atoms with Crippen LogP contribution in [0.25, 0.3) is 10.9 Å². The lowest BCUT2D eigenvalue weighted by molar-refractivity contribution is 0.00147. The number of nitrogens with one attached hydrogen (secondary N) is 1. The van der Waals surface area contributed by atoms with Crippen LogP contribution in [0.1, 0.15) is 37.7 Å². The average molecular weight is 278 g/mol. The molecule has 2 nitrogen and oxygen atoms in total. The Balaban J connectivity index is 1.45. The third-order valence-corrected chi connectivity index (χ3v) is 6.18. The monoisotopic (exact) mass is 278 g/mol. The maximum absolute atomic E-state index is 5.08. The summed E-state index contributed by atoms with van der Waals surface area (Å²) >= 11 is 0. The van der Waals surface area contributed by atoms with Crippen molar-refractivity contribution in [2.24, 2.45) is 28.7 Å². The Labute approximate surface area is 125 Å². The number of benzene rings is 1. The molecule has 0 radical (unpaired) electrons. The van der Waals surface area contributed by atoms with Gasteiger partial charge in [-0.15, -0.1) is 0 Å². The van der Waals surface area contributed by atoms with E-state index in [0.29, 0.717) is 6.04 Å². The van der Waals surface area contributed by atoms with Crippen molar-refractivity contribution >= 4 is 17.1 Å². The van der Waals surface area contributed by atoms with Gasteiger partial charge in [0.05, 0.1) is 11.6 Å². The molecule has 0 aliphatic heterocycles. The van der Waals surface area contributed by atoms with Gasteiger partial charge in [0.15, 0.2) is 0 Å². The molecule has 1 N–H and O–H groups in total. The normalized spacial score (nSPS) is 37.8. The molecular weight excluding hydrogens is 256 g/mol. The Morgan fingerprint density at radius 1 is 0.952 bits per heavy atom. The van der Waals surface area contributed by atoms with E-state index in [1.165, 1.54) is 48.6 Å². The van der Waals surface area contributed by atoms with Crippen molar-refractivity contribution in [1.29, 1.82) is 0 Å². The summed E-state index contributed by atoms with van der Waals surface area (Å²) in [5.41, 5.74) is 2.47. The lowest BCUT2D eigenvalue weighted by atomic mass is 9.54. The molecule has 108 valence electrons. The molecule has 4 aliphatic carbocycles. The van der Waals surface area contributed by atoms with Crippen LogP contribution in [0.3, 0.4) is 0 Å². The van der Waals surface area contributed by atoms with Gasteiger partial charge in [-0.2, -0.15) is 0 Å². The summed E-state index contributed by atoms with van der Waals surface area (Å²) in [5, 5.41) is 1.28. The van der Waals surface area contributed by atoms with E-state index in [-0.39, 0.29) is 0 Å². The van der Waals surface area contributed by atoms with Gasteiger partial charge in [0.2, 0.25) is 0 Å². The van der Waals surface area contributed by atoms with Crippen molar-refractivity contribution < 1.29 is 0 Å². The summed E-state index contributed by atoms with van der Waals surface area (Å²) in [5.74, 6) is 3.82. The van der Waals surface area contributed by atoms with E-state index in [4.69, 9.17) is 4.99 Å². The van der Waals surface area contributed by atoms with Crippen molar-refractivity contribution in [3.05, 3.63) is 36.0 Å². The molecule has 1 heterocycles. The van der Waals surface area contributed by atoms with Crippen LogP contribution in [0, 0.1) is 23.7 Å². The molecule has 0 spiro atoms. The van der Waals surface area contributed by atoms with Crippen LogP contribution in [-0.4, -0.2) is 17.2 Å². The Morgan fingerprint density at radius 3 is 2.48 bits per heavy atom. The molecule has 4 aliphatic rings. The second kappa shape index (κ2) is 4.46. The number of rotatable bonds is 2. The molecule has 0 amide bonds. The minimum absolute atomic E-state index is 0.600. The fourth-order valence-corrected chi connectivity index (χ4v) is 5.52. The van der Waals surface area contributed by atoms with Gasteiger partial charge < -0.3 is 4.98 Å². The maximum Gasteiger partial charge on any atom is 0.0556 e. The summed E-state index contributed by atoms with van der Waals surface area (Å²) in [7, 11) is 0. The highest BCUT2D eigenvalue weighted by Crippen LogP contribution is 2.54. The Hall–Kier alpha value is -1.57. The van der Waals surface area contributed by atoms with E-state index in [2.05, 4.69) is 35.5 Å². The fraction of sp³-hybridized carbons (Fsp3) is 0.526. The predicted octanol–water partition coefficient (Wildman–Crippen LogP) is 4.41. The van der Waals surface area contributed by atoms with Gasteiger partial charge in [-0.3, -0.25) is 4.99 Å². The van der Waals surface area contributed by atoms with Crippen molar-refractivity contribution in [2.75, 3.05) is 0 Å². The molecule has 6 rings (SSSR count). The van der Waals surface area contributed by atoms with Crippen molar-refractivity contribution in [1.82, 2.24) is 4.98 Å². The van der Waals surface area contributed by atoms with Crippen molar-refractivity contribution in [3.8, 4) is 0 Å². The van der Waals surface area contributed by atoms with Crippen LogP contribution in [0.15, 0.2) is 35.5 Å². The highest BCUT2D eigenvalue weighted by molar-refractivity contribution is 5.97. The van der Waals surface area contributed by atoms with E-state index in [1.807, 2.05) is 6.20 Å². The minimum Gasteiger partial charge on any atom is -0.361 e. The standard InChI is InChI=1S/C19H22N2/c1-2-14-4-5-20-18(14)15(3-1)11-21-19-16-7-12-6-13(9-16)10-17(19)8-12/h1-5,11-13,16-17,19-20H,6-10H2. The second-order valence-electron chi connectivity index (χ2n) is 7.49. The molecule has 1 aromatic carbocycles. The number of para-hydroxylation sites is 1. The van der Waals surface area contributed by atoms with E-state index in [1.54, 1.807) is 0 Å². The van der Waals surface area contributed by atoms with Crippen LogP contribution in [-0.2, 0) is 0 Å². The van der Waals surface area contributed by atoms with Gasteiger partial charge in [-0.25, -0.2) is 0 Å². The number of aliphatic imine (C=N–C) groups is 1. The first kappa shape index (κ1) is 12.0. The summed E-state index contributed by atoms with van der Waals surface area (Å²) in [4.78, 5) is 8.43. The maximum atomic E-state index is 5.08. The second-order valence-corrected chi connectivity index (χ2v) is 7.49. The van der Waals surface area contributed by atoms with Gasteiger partial charge in [-0.1, -0.05) is 18.2 Å². The van der Waals surface area contributed by atoms with E-state index >= 15 is 0 Å². The number of aromatic amines is 1. The number of hydrogen-bond donors (Lipinski definition) is 1. The van der Waals surface area contributed by atoms with Gasteiger partial charge >= 0.3 is 0 Å². The summed E-state index contributed by atoms with van der Waals surface area (Å²) in [6.45, 7) is 0. The zero-order chi connectivity index (χ0) is 13.8. The van der Waals surface area contributed by atoms with Crippen LogP contribution in [0.5, 0.6) is 0 Å². The van der Waals surface area contributed by atoms with Crippen LogP contribution in [0.4, 0.5) is 0 Å². The largest absolute Gasteiger partial charge is 0.361 e. The molecule has 0 atom stereocenters. The molecule has 21 heavy (non-hydrogen) atoms. The molecular formula is C19H22N2. The molecule has 2 heteroatoms. The third kappa shape index (κ3) is 1.88. The highest BCUT2D eigenvalue weighted by Gasteiger charge is 2.47. The molecule has 2 aromatic rings. The lowest BCUT2D eigenvalue weighted by Crippen LogP contribution is -2.47. The summed E-state index contributed by atoms with van der Waals surface area (Å²) < 4.78 is 0. The zero-order valence-electron chi connectivity index (χ0n) is 12.3. The Bertz CT molecular complexity index is 668. The molecule has 1 aromatic heterocycles. The predicted molar refractivity (Wildman–Crippen MR) is 86.7 cm³/mol. The first-order valence-corrected chi connectivity index (χ1v) is 8.46. The van der Waals surface area contributed by atoms with Gasteiger partial charge in [0.25, 0.3) is 0 Å². The molecule has 4 fully saturated rings. The first-order chi connectivity index (χ1) is 10.4. The Kier molecular flexibility index (Phi) is 2.55. The van der Waals surface area contributed by atoms with Gasteiger partial charge in [0, 0.05) is 23.4 Å². The van der Waals surface area contributed by atoms with E-state index < -0.39 is 0 Å². The molecule has 4 saturated carbocycles. The number of aromatic nitrogens is 1. The molecule has 0 saturated heterocycles. The number of fused-ring (bicyclic) bond motifs is 1. The minimum atomic E-state index is 0.600. The number of hydrogen-bond acceptors (Lipinski definition) is 1. The molecule has 4 bridgehead atoms. The third-order valence-electron chi connectivity index (χ3n) is 6.18. The van der Waals surface area contributed by atoms with Crippen molar-refractivity contribution in [3.63, 3.8) is 0 Å².